The van der Waals surface area contributed by atoms with Crippen LogP contribution in [0.25, 0.3) is 0 Å². The number of thiophene rings is 1. The summed E-state index contributed by atoms with van der Waals surface area (Å²) in [5.74, 6) is 0.0502. The lowest BCUT2D eigenvalue weighted by atomic mass is 10.1. The topological polar surface area (TPSA) is 44.1 Å². The number of nitrogens with zero attached hydrogens (tertiary/aromatic N) is 2. The molecular formula is C12H15ClN2OS. The average molecular weight is 271 g/mol. The monoisotopic (exact) mass is 270 g/mol. The maximum Gasteiger partial charge on any atom is 0.189 e. The Kier molecular flexibility index (Phi) is 5.13. The summed E-state index contributed by atoms with van der Waals surface area (Å²) in [5, 5.41) is 8.65. The summed E-state index contributed by atoms with van der Waals surface area (Å²) >= 11 is 7.10. The van der Waals surface area contributed by atoms with Crippen molar-refractivity contribution in [1.29, 1.82) is 5.26 Å². The first-order chi connectivity index (χ1) is 7.97. The number of hydrogen-bond donors (Lipinski definition) is 0. The molecule has 2 unspecified atom stereocenters. The highest BCUT2D eigenvalue weighted by Gasteiger charge is 2.24. The van der Waals surface area contributed by atoms with Gasteiger partial charge >= 0.3 is 0 Å². The van der Waals surface area contributed by atoms with Crippen LogP contribution in [0.3, 0.4) is 0 Å². The molecule has 0 spiro atoms. The van der Waals surface area contributed by atoms with Gasteiger partial charge in [-0.15, -0.1) is 11.3 Å². The second-order valence-corrected chi connectivity index (χ2v) is 5.74. The van der Waals surface area contributed by atoms with Crippen LogP contribution in [0.4, 0.5) is 0 Å². The zero-order valence-electron chi connectivity index (χ0n) is 10.1. The summed E-state index contributed by atoms with van der Waals surface area (Å²) < 4.78 is 0.619. The fourth-order valence-electron chi connectivity index (χ4n) is 1.50. The quantitative estimate of drug-likeness (QED) is 0.772. The van der Waals surface area contributed by atoms with Gasteiger partial charge in [0.1, 0.15) is 0 Å². The van der Waals surface area contributed by atoms with E-state index in [-0.39, 0.29) is 17.9 Å². The minimum Gasteiger partial charge on any atom is -0.293 e. The molecule has 0 aromatic carbocycles. The van der Waals surface area contributed by atoms with Crippen molar-refractivity contribution in [3.05, 3.63) is 21.3 Å². The van der Waals surface area contributed by atoms with Crippen molar-refractivity contribution in [1.82, 2.24) is 4.90 Å². The van der Waals surface area contributed by atoms with Gasteiger partial charge < -0.3 is 0 Å². The third-order valence-corrected chi connectivity index (χ3v) is 4.13. The third-order valence-electron chi connectivity index (χ3n) is 2.89. The van der Waals surface area contributed by atoms with Crippen molar-refractivity contribution in [3.63, 3.8) is 0 Å². The maximum absolute atomic E-state index is 12.1. The number of halogens is 1. The Labute approximate surface area is 111 Å². The molecule has 92 valence electrons. The summed E-state index contributed by atoms with van der Waals surface area (Å²) in [6, 6.07) is 5.41. The number of carbonyl (C=O) groups excluding carboxylic acids is 1. The first-order valence-corrected chi connectivity index (χ1v) is 6.55. The molecule has 1 aromatic heterocycles. The predicted molar refractivity (Wildman–Crippen MR) is 70.6 cm³/mol. The van der Waals surface area contributed by atoms with Gasteiger partial charge in [0.15, 0.2) is 5.78 Å². The molecule has 2 atom stereocenters. The van der Waals surface area contributed by atoms with Crippen LogP contribution >= 0.6 is 22.9 Å². The fraction of sp³-hybridized carbons (Fsp3) is 0.500. The lowest BCUT2D eigenvalue weighted by molar-refractivity contribution is 0.0833. The van der Waals surface area contributed by atoms with E-state index in [2.05, 4.69) is 6.07 Å². The van der Waals surface area contributed by atoms with Crippen LogP contribution in [-0.2, 0) is 0 Å². The van der Waals surface area contributed by atoms with Gasteiger partial charge in [-0.25, -0.2) is 0 Å². The molecule has 1 heterocycles. The summed E-state index contributed by atoms with van der Waals surface area (Å²) in [4.78, 5) is 14.7. The van der Waals surface area contributed by atoms with Gasteiger partial charge in [0, 0.05) is 6.04 Å². The van der Waals surface area contributed by atoms with Crippen molar-refractivity contribution in [3.8, 4) is 6.07 Å². The minimum absolute atomic E-state index is 0.0502. The molecule has 1 aromatic rings. The van der Waals surface area contributed by atoms with Crippen LogP contribution in [0, 0.1) is 11.3 Å². The van der Waals surface area contributed by atoms with Crippen LogP contribution in [0.2, 0.25) is 4.34 Å². The van der Waals surface area contributed by atoms with E-state index in [1.165, 1.54) is 11.3 Å². The number of likely N-dealkylation sites (N-methyl/N-ethyl adjacent to an activating group) is 1. The second-order valence-electron chi connectivity index (χ2n) is 4.02. The van der Waals surface area contributed by atoms with Crippen molar-refractivity contribution < 1.29 is 4.79 Å². The van der Waals surface area contributed by atoms with Gasteiger partial charge in [-0.05, 0) is 33.0 Å². The normalized spacial score (nSPS) is 14.4. The Morgan fingerprint density at radius 2 is 2.24 bits per heavy atom. The molecule has 1 rings (SSSR count). The van der Waals surface area contributed by atoms with E-state index in [0.717, 1.165) is 0 Å². The number of Topliss-reactive ketones (excluding diaryl/α,β-unsaturated/α-hetero) is 1. The van der Waals surface area contributed by atoms with Crippen LogP contribution in [0.15, 0.2) is 12.1 Å². The van der Waals surface area contributed by atoms with E-state index in [9.17, 15) is 4.79 Å². The number of carbonyl (C=O) groups is 1. The van der Waals surface area contributed by atoms with E-state index in [4.69, 9.17) is 16.9 Å². The Hall–Kier alpha value is -0.890. The highest BCUT2D eigenvalue weighted by atomic mass is 35.5. The number of rotatable bonds is 5. The van der Waals surface area contributed by atoms with Crippen molar-refractivity contribution in [2.45, 2.75) is 32.4 Å². The maximum atomic E-state index is 12.1. The van der Waals surface area contributed by atoms with Crippen LogP contribution in [-0.4, -0.2) is 29.8 Å². The summed E-state index contributed by atoms with van der Waals surface area (Å²) in [5.41, 5.74) is 0. The van der Waals surface area contributed by atoms with Crippen molar-refractivity contribution in [2.75, 3.05) is 7.05 Å². The fourth-order valence-corrected chi connectivity index (χ4v) is 2.56. The summed E-state index contributed by atoms with van der Waals surface area (Å²) in [6.45, 7) is 3.79. The smallest absolute Gasteiger partial charge is 0.189 e. The molecule has 0 saturated carbocycles. The standard InChI is InChI=1S/C12H15ClN2OS/c1-8(6-7-14)15(3)9(2)12(16)10-4-5-11(13)17-10/h4-5,8-9H,6H2,1-3H3. The summed E-state index contributed by atoms with van der Waals surface area (Å²) in [7, 11) is 1.86. The molecule has 0 aliphatic heterocycles. The first-order valence-electron chi connectivity index (χ1n) is 5.35. The van der Waals surface area contributed by atoms with Gasteiger partial charge in [0.25, 0.3) is 0 Å². The molecule has 0 saturated heterocycles. The Balaban J connectivity index is 2.73. The third kappa shape index (κ3) is 3.53. The zero-order valence-corrected chi connectivity index (χ0v) is 11.7. The van der Waals surface area contributed by atoms with Crippen LogP contribution < -0.4 is 0 Å². The molecular weight excluding hydrogens is 256 g/mol. The largest absolute Gasteiger partial charge is 0.293 e. The molecule has 0 radical (unpaired) electrons. The minimum atomic E-state index is -0.243. The lowest BCUT2D eigenvalue weighted by Gasteiger charge is -2.28. The van der Waals surface area contributed by atoms with Crippen molar-refractivity contribution in [2.24, 2.45) is 0 Å². The van der Waals surface area contributed by atoms with Gasteiger partial charge in [0.05, 0.1) is 27.7 Å². The van der Waals surface area contributed by atoms with Crippen LogP contribution in [0.1, 0.15) is 29.9 Å². The van der Waals surface area contributed by atoms with E-state index < -0.39 is 0 Å². The molecule has 0 amide bonds. The van der Waals surface area contributed by atoms with Gasteiger partial charge in [-0.3, -0.25) is 9.69 Å². The zero-order chi connectivity index (χ0) is 13.0. The Bertz CT molecular complexity index is 438. The molecule has 0 aliphatic carbocycles. The first kappa shape index (κ1) is 14.2. The SMILES string of the molecule is CC(CC#N)N(C)C(C)C(=O)c1ccc(Cl)s1. The Morgan fingerprint density at radius 1 is 1.59 bits per heavy atom. The molecule has 5 heteroatoms. The number of nitriles is 1. The highest BCUT2D eigenvalue weighted by molar-refractivity contribution is 7.18. The number of ketones is 1. The molecule has 0 N–H and O–H groups in total. The number of hydrogen-bond acceptors (Lipinski definition) is 4. The van der Waals surface area contributed by atoms with E-state index in [0.29, 0.717) is 15.6 Å². The molecule has 0 bridgehead atoms. The van der Waals surface area contributed by atoms with Gasteiger partial charge in [-0.2, -0.15) is 5.26 Å². The van der Waals surface area contributed by atoms with E-state index >= 15 is 0 Å². The highest BCUT2D eigenvalue weighted by Crippen LogP contribution is 2.23. The van der Waals surface area contributed by atoms with Crippen LogP contribution in [0.5, 0.6) is 0 Å². The lowest BCUT2D eigenvalue weighted by Crippen LogP contribution is -2.41. The molecule has 17 heavy (non-hydrogen) atoms. The predicted octanol–water partition coefficient (Wildman–Crippen LogP) is 3.21. The van der Waals surface area contributed by atoms with Gasteiger partial charge in [0.2, 0.25) is 0 Å². The molecule has 3 nitrogen and oxygen atoms in total. The van der Waals surface area contributed by atoms with Crippen molar-refractivity contribution >= 4 is 28.7 Å². The average Bonchev–Trinajstić information content (AvgIpc) is 2.73. The molecule has 0 aliphatic rings. The van der Waals surface area contributed by atoms with E-state index in [1.807, 2.05) is 25.8 Å². The van der Waals surface area contributed by atoms with Gasteiger partial charge in [-0.1, -0.05) is 11.6 Å². The van der Waals surface area contributed by atoms with E-state index in [1.54, 1.807) is 12.1 Å². The second kappa shape index (κ2) is 6.15. The Morgan fingerprint density at radius 3 is 2.71 bits per heavy atom. The molecule has 0 fully saturated rings. The summed E-state index contributed by atoms with van der Waals surface area (Å²) in [6.07, 6.45) is 0.416.